The Morgan fingerprint density at radius 2 is 2.06 bits per heavy atom. The highest BCUT2D eigenvalue weighted by molar-refractivity contribution is 7.96. The van der Waals surface area contributed by atoms with E-state index in [0.29, 0.717) is 5.69 Å². The molecule has 0 aliphatic heterocycles. The van der Waals surface area contributed by atoms with E-state index < -0.39 is 10.0 Å². The molecule has 0 spiro atoms. The Hall–Kier alpha value is -1.88. The lowest BCUT2D eigenvalue weighted by atomic mass is 10.1. The molecule has 4 nitrogen and oxygen atoms in total. The summed E-state index contributed by atoms with van der Waals surface area (Å²) in [6.45, 7) is 10.4. The van der Waals surface area contributed by atoms with Crippen molar-refractivity contribution in [2.24, 2.45) is 4.99 Å². The fraction of sp³-hybridized carbons (Fsp3) is 0.154. The average molecular weight is 264 g/mol. The van der Waals surface area contributed by atoms with Gasteiger partial charge in [-0.25, -0.2) is 8.42 Å². The molecular formula is C13H16N2O2S. The number of nitrogens with one attached hydrogen (secondary N) is 1. The number of hydrogen-bond acceptors (Lipinski definition) is 3. The first-order chi connectivity index (χ1) is 8.40. The summed E-state index contributed by atoms with van der Waals surface area (Å²) in [5, 5.41) is 0. The van der Waals surface area contributed by atoms with Crippen LogP contribution >= 0.6 is 0 Å². The van der Waals surface area contributed by atoms with Gasteiger partial charge in [-0.2, -0.15) is 0 Å². The summed E-state index contributed by atoms with van der Waals surface area (Å²) in [7, 11) is -3.67. The summed E-state index contributed by atoms with van der Waals surface area (Å²) in [6.07, 6.45) is 2.38. The molecule has 0 heterocycles. The molecule has 0 saturated carbocycles. The minimum Gasteiger partial charge on any atom is -0.279 e. The number of allylic oxidation sites excluding steroid dienone is 1. The molecule has 0 aromatic heterocycles. The predicted molar refractivity (Wildman–Crippen MR) is 76.3 cm³/mol. The summed E-state index contributed by atoms with van der Waals surface area (Å²) in [5.74, 6) is 0. The first-order valence-electron chi connectivity index (χ1n) is 5.29. The van der Waals surface area contributed by atoms with Crippen molar-refractivity contribution < 1.29 is 8.42 Å². The molecule has 0 atom stereocenters. The fourth-order valence-corrected chi connectivity index (χ4v) is 2.43. The maximum Gasteiger partial charge on any atom is 0.263 e. The Labute approximate surface area is 108 Å². The summed E-state index contributed by atoms with van der Waals surface area (Å²) < 4.78 is 26.6. The maximum atomic E-state index is 12.0. The van der Waals surface area contributed by atoms with Crippen molar-refractivity contribution in [1.29, 1.82) is 0 Å². The average Bonchev–Trinajstić information content (AvgIpc) is 2.30. The van der Waals surface area contributed by atoms with Gasteiger partial charge in [0.25, 0.3) is 10.0 Å². The van der Waals surface area contributed by atoms with Crippen molar-refractivity contribution in [3.05, 3.63) is 53.1 Å². The van der Waals surface area contributed by atoms with E-state index in [2.05, 4.69) is 23.0 Å². The number of rotatable bonds is 5. The zero-order valence-corrected chi connectivity index (χ0v) is 11.3. The van der Waals surface area contributed by atoms with E-state index in [1.54, 1.807) is 6.07 Å². The minimum atomic E-state index is -3.67. The van der Waals surface area contributed by atoms with Crippen LogP contribution in [0.25, 0.3) is 0 Å². The van der Waals surface area contributed by atoms with Crippen LogP contribution in [-0.2, 0) is 10.0 Å². The van der Waals surface area contributed by atoms with Crippen LogP contribution in [0.2, 0.25) is 0 Å². The third-order valence-electron chi connectivity index (χ3n) is 2.37. The van der Waals surface area contributed by atoms with E-state index in [9.17, 15) is 8.42 Å². The van der Waals surface area contributed by atoms with Crippen molar-refractivity contribution in [3.8, 4) is 0 Å². The van der Waals surface area contributed by atoms with Crippen LogP contribution in [0.4, 0.5) is 5.69 Å². The zero-order valence-electron chi connectivity index (χ0n) is 10.5. The van der Waals surface area contributed by atoms with Crippen molar-refractivity contribution in [1.82, 2.24) is 0 Å². The largest absolute Gasteiger partial charge is 0.279 e. The van der Waals surface area contributed by atoms with Crippen molar-refractivity contribution in [2.45, 2.75) is 13.8 Å². The Bertz CT molecular complexity index is 601. The molecule has 0 amide bonds. The van der Waals surface area contributed by atoms with Gasteiger partial charge in [-0.1, -0.05) is 18.7 Å². The molecule has 96 valence electrons. The van der Waals surface area contributed by atoms with Gasteiger partial charge in [0.05, 0.1) is 5.69 Å². The monoisotopic (exact) mass is 264 g/mol. The fourth-order valence-electron chi connectivity index (χ4n) is 1.37. The highest BCUT2D eigenvalue weighted by Gasteiger charge is 2.15. The molecule has 0 bridgehead atoms. The van der Waals surface area contributed by atoms with Gasteiger partial charge >= 0.3 is 0 Å². The van der Waals surface area contributed by atoms with Gasteiger partial charge in [-0.05, 0) is 43.8 Å². The number of hydrogen-bond donors (Lipinski definition) is 1. The van der Waals surface area contributed by atoms with Crippen LogP contribution in [0.5, 0.6) is 0 Å². The van der Waals surface area contributed by atoms with Crippen molar-refractivity contribution in [3.63, 3.8) is 0 Å². The number of benzene rings is 1. The molecular weight excluding hydrogens is 248 g/mol. The van der Waals surface area contributed by atoms with Gasteiger partial charge in [-0.15, -0.1) is 0 Å². The highest BCUT2D eigenvalue weighted by atomic mass is 32.2. The van der Waals surface area contributed by atoms with Gasteiger partial charge in [0.15, 0.2) is 0 Å². The summed E-state index contributed by atoms with van der Waals surface area (Å²) >= 11 is 0. The molecule has 1 rings (SSSR count). The van der Waals surface area contributed by atoms with Gasteiger partial charge in [0.2, 0.25) is 0 Å². The molecule has 18 heavy (non-hydrogen) atoms. The third kappa shape index (κ3) is 3.30. The molecule has 0 aliphatic rings. The van der Waals surface area contributed by atoms with Crippen LogP contribution in [0.15, 0.2) is 47.0 Å². The number of aryl methyl sites for hydroxylation is 2. The lowest BCUT2D eigenvalue weighted by molar-refractivity contribution is 0.607. The lowest BCUT2D eigenvalue weighted by Gasteiger charge is -2.11. The normalized spacial score (nSPS) is 12.0. The second-order valence-electron chi connectivity index (χ2n) is 3.84. The molecule has 1 N–H and O–H groups in total. The molecule has 0 radical (unpaired) electrons. The first-order valence-corrected chi connectivity index (χ1v) is 6.77. The van der Waals surface area contributed by atoms with Crippen LogP contribution in [0.1, 0.15) is 11.1 Å². The van der Waals surface area contributed by atoms with Crippen LogP contribution in [0.3, 0.4) is 0 Å². The Balaban J connectivity index is 3.17. The molecule has 0 aliphatic carbocycles. The first kappa shape index (κ1) is 14.2. The minimum absolute atomic E-state index is 0.0154. The van der Waals surface area contributed by atoms with E-state index in [-0.39, 0.29) is 4.91 Å². The van der Waals surface area contributed by atoms with Crippen molar-refractivity contribution >= 4 is 22.4 Å². The molecule has 5 heteroatoms. The SMILES string of the molecule is C=C/C(=C/N=C)S(=O)(=O)Nc1cc(C)ccc1C. The smallest absolute Gasteiger partial charge is 0.263 e. The van der Waals surface area contributed by atoms with Gasteiger partial charge in [0, 0.05) is 6.20 Å². The van der Waals surface area contributed by atoms with Crippen molar-refractivity contribution in [2.75, 3.05) is 4.72 Å². The van der Waals surface area contributed by atoms with E-state index in [4.69, 9.17) is 0 Å². The third-order valence-corrected chi connectivity index (χ3v) is 3.75. The lowest BCUT2D eigenvalue weighted by Crippen LogP contribution is -2.14. The Morgan fingerprint density at radius 1 is 1.39 bits per heavy atom. The van der Waals surface area contributed by atoms with E-state index >= 15 is 0 Å². The van der Waals surface area contributed by atoms with Crippen LogP contribution < -0.4 is 4.72 Å². The van der Waals surface area contributed by atoms with Gasteiger partial charge in [-0.3, -0.25) is 9.71 Å². The zero-order chi connectivity index (χ0) is 13.8. The second kappa shape index (κ2) is 5.64. The summed E-state index contributed by atoms with van der Waals surface area (Å²) in [4.78, 5) is 3.44. The molecule has 0 unspecified atom stereocenters. The molecule has 1 aromatic rings. The molecule has 0 saturated heterocycles. The summed E-state index contributed by atoms with van der Waals surface area (Å²) in [6, 6.07) is 5.55. The predicted octanol–water partition coefficient (Wildman–Crippen LogP) is 2.77. The quantitative estimate of drug-likeness (QED) is 0.656. The molecule has 0 fully saturated rings. The van der Waals surface area contributed by atoms with E-state index in [0.717, 1.165) is 17.3 Å². The maximum absolute atomic E-state index is 12.0. The number of sulfonamides is 1. The molecule has 1 aromatic carbocycles. The van der Waals surface area contributed by atoms with Gasteiger partial charge < -0.3 is 0 Å². The topological polar surface area (TPSA) is 58.5 Å². The Morgan fingerprint density at radius 3 is 2.61 bits per heavy atom. The highest BCUT2D eigenvalue weighted by Crippen LogP contribution is 2.20. The standard InChI is InChI=1S/C13H16N2O2S/c1-5-12(9-14-4)18(16,17)15-13-8-10(2)6-7-11(13)3/h5-9,15H,1,4H2,2-3H3/b12-9-. The summed E-state index contributed by atoms with van der Waals surface area (Å²) in [5.41, 5.74) is 2.37. The number of anilines is 1. The van der Waals surface area contributed by atoms with Crippen LogP contribution in [0, 0.1) is 13.8 Å². The van der Waals surface area contributed by atoms with Crippen LogP contribution in [-0.4, -0.2) is 15.1 Å². The van der Waals surface area contributed by atoms with Gasteiger partial charge in [0.1, 0.15) is 4.91 Å². The number of aliphatic imine (C=N–C) groups is 1. The van der Waals surface area contributed by atoms with E-state index in [1.165, 1.54) is 6.08 Å². The van der Waals surface area contributed by atoms with E-state index in [1.807, 2.05) is 26.0 Å². The Kier molecular flexibility index (Phi) is 4.44. The second-order valence-corrected chi connectivity index (χ2v) is 5.52. The number of nitrogens with zero attached hydrogens (tertiary/aromatic N) is 1.